The van der Waals surface area contributed by atoms with Gasteiger partial charge in [0.2, 0.25) is 0 Å². The third kappa shape index (κ3) is 3.06. The van der Waals surface area contributed by atoms with Crippen LogP contribution in [0.15, 0.2) is 41.7 Å². The topological polar surface area (TPSA) is 38.1 Å². The molecule has 0 aliphatic carbocycles. The Kier molecular flexibility index (Phi) is 4.29. The minimum atomic E-state index is 0.622. The lowest BCUT2D eigenvalue weighted by Gasteiger charge is -2.02. The normalized spacial score (nSPS) is 9.83. The molecule has 2 rings (SSSR count). The molecule has 1 aromatic carbocycles. The van der Waals surface area contributed by atoms with Gasteiger partial charge in [-0.3, -0.25) is 0 Å². The first-order valence-electron chi connectivity index (χ1n) is 5.82. The van der Waals surface area contributed by atoms with Gasteiger partial charge in [0.25, 0.3) is 0 Å². The molecule has 2 aromatic rings. The van der Waals surface area contributed by atoms with Crippen molar-refractivity contribution in [2.24, 2.45) is 4.99 Å². The molecule has 0 atom stereocenters. The van der Waals surface area contributed by atoms with Crippen molar-refractivity contribution >= 4 is 23.1 Å². The Hall–Kier alpha value is -1.90. The van der Waals surface area contributed by atoms with Crippen LogP contribution in [0.5, 0.6) is 0 Å². The number of nitrogens with zero attached hydrogens (tertiary/aromatic N) is 3. The van der Waals surface area contributed by atoms with Gasteiger partial charge in [0.05, 0.1) is 17.6 Å². The van der Waals surface area contributed by atoms with Crippen LogP contribution in [0.2, 0.25) is 0 Å². The minimum absolute atomic E-state index is 0.622. The van der Waals surface area contributed by atoms with Crippen LogP contribution in [0.1, 0.15) is 18.9 Å². The van der Waals surface area contributed by atoms with Crippen molar-refractivity contribution < 1.29 is 0 Å². The van der Waals surface area contributed by atoms with Crippen molar-refractivity contribution in [3.05, 3.63) is 42.2 Å². The number of aryl methyl sites for hydroxylation is 1. The standard InChI is InChI=1S/C14H13N3S/c1-2-3-11-4-6-12(7-5-11)14-15-8-13(9-16-14)17-10-18/h4-9H,2-3H2,1H3. The summed E-state index contributed by atoms with van der Waals surface area (Å²) in [5.41, 5.74) is 2.97. The maximum Gasteiger partial charge on any atom is 0.159 e. The van der Waals surface area contributed by atoms with Crippen LogP contribution in [0, 0.1) is 0 Å². The SMILES string of the molecule is CCCc1ccc(-c2ncc(N=C=S)cn2)cc1. The van der Waals surface area contributed by atoms with Crippen molar-refractivity contribution in [3.63, 3.8) is 0 Å². The van der Waals surface area contributed by atoms with E-state index in [4.69, 9.17) is 0 Å². The zero-order chi connectivity index (χ0) is 12.8. The van der Waals surface area contributed by atoms with Gasteiger partial charge in [0.15, 0.2) is 5.82 Å². The monoisotopic (exact) mass is 255 g/mol. The van der Waals surface area contributed by atoms with E-state index in [1.807, 2.05) is 12.1 Å². The second kappa shape index (κ2) is 6.15. The summed E-state index contributed by atoms with van der Waals surface area (Å²) in [5, 5.41) is 2.29. The Balaban J connectivity index is 2.22. The summed E-state index contributed by atoms with van der Waals surface area (Å²) in [7, 11) is 0. The van der Waals surface area contributed by atoms with Gasteiger partial charge in [0.1, 0.15) is 5.69 Å². The highest BCUT2D eigenvalue weighted by molar-refractivity contribution is 7.78. The van der Waals surface area contributed by atoms with E-state index >= 15 is 0 Å². The van der Waals surface area contributed by atoms with Gasteiger partial charge in [-0.25, -0.2) is 9.97 Å². The number of benzene rings is 1. The fourth-order valence-electron chi connectivity index (χ4n) is 1.69. The van der Waals surface area contributed by atoms with Crippen LogP contribution < -0.4 is 0 Å². The molecule has 0 saturated carbocycles. The molecule has 0 bridgehead atoms. The molecule has 0 unspecified atom stereocenters. The molecule has 1 heterocycles. The van der Waals surface area contributed by atoms with Crippen molar-refractivity contribution in [2.45, 2.75) is 19.8 Å². The van der Waals surface area contributed by atoms with Gasteiger partial charge >= 0.3 is 0 Å². The molecule has 0 radical (unpaired) electrons. The Morgan fingerprint density at radius 3 is 2.39 bits per heavy atom. The molecule has 0 N–H and O–H groups in total. The molecule has 1 aromatic heterocycles. The summed E-state index contributed by atoms with van der Waals surface area (Å²) in [6.45, 7) is 2.17. The summed E-state index contributed by atoms with van der Waals surface area (Å²) < 4.78 is 0. The van der Waals surface area contributed by atoms with E-state index in [1.165, 1.54) is 5.56 Å². The summed E-state index contributed by atoms with van der Waals surface area (Å²) in [6, 6.07) is 8.32. The van der Waals surface area contributed by atoms with Gasteiger partial charge in [-0.15, -0.1) is 0 Å². The third-order valence-corrected chi connectivity index (χ3v) is 2.66. The second-order valence-corrected chi connectivity index (χ2v) is 4.10. The van der Waals surface area contributed by atoms with E-state index in [-0.39, 0.29) is 0 Å². The Morgan fingerprint density at radius 1 is 1.17 bits per heavy atom. The molecule has 3 nitrogen and oxygen atoms in total. The molecule has 90 valence electrons. The van der Waals surface area contributed by atoms with E-state index in [0.29, 0.717) is 11.5 Å². The second-order valence-electron chi connectivity index (χ2n) is 3.91. The minimum Gasteiger partial charge on any atom is -0.234 e. The van der Waals surface area contributed by atoms with Crippen LogP contribution in [-0.2, 0) is 6.42 Å². The zero-order valence-corrected chi connectivity index (χ0v) is 10.9. The number of aromatic nitrogens is 2. The number of aliphatic imine (C=N–C) groups is 1. The molecule has 0 spiro atoms. The van der Waals surface area contributed by atoms with Crippen LogP contribution in [-0.4, -0.2) is 15.1 Å². The van der Waals surface area contributed by atoms with Crippen LogP contribution in [0.4, 0.5) is 5.69 Å². The fourth-order valence-corrected chi connectivity index (χ4v) is 1.80. The Bertz CT molecular complexity index is 555. The average molecular weight is 255 g/mol. The first-order valence-corrected chi connectivity index (χ1v) is 6.23. The molecule has 18 heavy (non-hydrogen) atoms. The number of thiocarbonyl (C=S) groups is 1. The highest BCUT2D eigenvalue weighted by Gasteiger charge is 2.01. The lowest BCUT2D eigenvalue weighted by Crippen LogP contribution is -1.88. The van der Waals surface area contributed by atoms with E-state index in [1.54, 1.807) is 12.4 Å². The Labute approximate surface area is 112 Å². The van der Waals surface area contributed by atoms with Gasteiger partial charge in [-0.05, 0) is 24.2 Å². The lowest BCUT2D eigenvalue weighted by molar-refractivity contribution is 0.922. The third-order valence-electron chi connectivity index (χ3n) is 2.56. The van der Waals surface area contributed by atoms with Crippen LogP contribution in [0.25, 0.3) is 11.4 Å². The summed E-state index contributed by atoms with van der Waals surface area (Å²) >= 11 is 4.53. The summed E-state index contributed by atoms with van der Waals surface area (Å²) in [6.07, 6.45) is 5.53. The molecular formula is C14H13N3S. The van der Waals surface area contributed by atoms with Gasteiger partial charge in [0, 0.05) is 5.56 Å². The van der Waals surface area contributed by atoms with E-state index in [9.17, 15) is 0 Å². The number of hydrogen-bond donors (Lipinski definition) is 0. The van der Waals surface area contributed by atoms with Crippen LogP contribution >= 0.6 is 12.2 Å². The maximum atomic E-state index is 4.53. The van der Waals surface area contributed by atoms with Crippen molar-refractivity contribution in [3.8, 4) is 11.4 Å². The quantitative estimate of drug-likeness (QED) is 0.615. The molecule has 0 fully saturated rings. The van der Waals surface area contributed by atoms with E-state index in [0.717, 1.165) is 18.4 Å². The highest BCUT2D eigenvalue weighted by atomic mass is 32.1. The van der Waals surface area contributed by atoms with Crippen LogP contribution in [0.3, 0.4) is 0 Å². The zero-order valence-electron chi connectivity index (χ0n) is 10.1. The molecular weight excluding hydrogens is 242 g/mol. The van der Waals surface area contributed by atoms with Gasteiger partial charge in [-0.1, -0.05) is 37.6 Å². The molecule has 0 amide bonds. The molecule has 0 aliphatic heterocycles. The van der Waals surface area contributed by atoms with E-state index in [2.05, 4.69) is 51.4 Å². The van der Waals surface area contributed by atoms with Crippen molar-refractivity contribution in [1.82, 2.24) is 9.97 Å². The smallest absolute Gasteiger partial charge is 0.159 e. The summed E-state index contributed by atoms with van der Waals surface area (Å²) in [4.78, 5) is 12.3. The van der Waals surface area contributed by atoms with Gasteiger partial charge < -0.3 is 0 Å². The summed E-state index contributed by atoms with van der Waals surface area (Å²) in [5.74, 6) is 0.696. The molecule has 4 heteroatoms. The predicted molar refractivity (Wildman–Crippen MR) is 76.1 cm³/mol. The molecule has 0 aliphatic rings. The number of rotatable bonds is 4. The van der Waals surface area contributed by atoms with Crippen molar-refractivity contribution in [2.75, 3.05) is 0 Å². The Morgan fingerprint density at radius 2 is 1.83 bits per heavy atom. The first kappa shape index (κ1) is 12.6. The van der Waals surface area contributed by atoms with Crippen molar-refractivity contribution in [1.29, 1.82) is 0 Å². The predicted octanol–water partition coefficient (Wildman–Crippen LogP) is 3.83. The number of isothiocyanates is 1. The highest BCUT2D eigenvalue weighted by Crippen LogP contribution is 2.17. The molecule has 0 saturated heterocycles. The lowest BCUT2D eigenvalue weighted by atomic mass is 10.1. The largest absolute Gasteiger partial charge is 0.234 e. The van der Waals surface area contributed by atoms with E-state index < -0.39 is 0 Å². The fraction of sp³-hybridized carbons (Fsp3) is 0.214. The van der Waals surface area contributed by atoms with Gasteiger partial charge in [-0.2, -0.15) is 4.99 Å². The maximum absolute atomic E-state index is 4.53. The average Bonchev–Trinajstić information content (AvgIpc) is 2.41. The number of hydrogen-bond acceptors (Lipinski definition) is 4. The first-order chi connectivity index (χ1) is 8.83.